The van der Waals surface area contributed by atoms with E-state index in [9.17, 15) is 4.79 Å². The number of aromatic nitrogens is 3. The Bertz CT molecular complexity index is 563. The van der Waals surface area contributed by atoms with Crippen LogP contribution in [0.4, 0.5) is 0 Å². The zero-order chi connectivity index (χ0) is 13.3. The molecule has 0 bridgehead atoms. The molecule has 2 aromatic rings. The van der Waals surface area contributed by atoms with Crippen molar-refractivity contribution in [3.8, 4) is 0 Å². The number of nitrogens with one attached hydrogen (secondary N) is 1. The average molecular weight is 248 g/mol. The van der Waals surface area contributed by atoms with Crippen molar-refractivity contribution in [3.63, 3.8) is 0 Å². The lowest BCUT2D eigenvalue weighted by Crippen LogP contribution is -2.20. The number of carboxylic acids is 1. The number of carbonyl (C=O) groups is 1. The van der Waals surface area contributed by atoms with Crippen molar-refractivity contribution in [2.45, 2.75) is 20.4 Å². The SMILES string of the molecule is Cc1ccc(C)n1NCc1c(C(=O)O)cnn1C. The number of carboxylic acid groups (broad SMARTS) is 1. The molecule has 0 spiro atoms. The number of hydrogen-bond acceptors (Lipinski definition) is 3. The van der Waals surface area contributed by atoms with E-state index in [1.54, 1.807) is 11.7 Å². The number of aryl methyl sites for hydroxylation is 3. The van der Waals surface area contributed by atoms with Crippen molar-refractivity contribution in [3.05, 3.63) is 41.0 Å². The molecule has 0 saturated carbocycles. The maximum absolute atomic E-state index is 11.0. The minimum atomic E-state index is -0.958. The van der Waals surface area contributed by atoms with Gasteiger partial charge in [0.2, 0.25) is 0 Å². The van der Waals surface area contributed by atoms with E-state index in [2.05, 4.69) is 10.5 Å². The third kappa shape index (κ3) is 2.09. The minimum Gasteiger partial charge on any atom is -0.478 e. The van der Waals surface area contributed by atoms with Crippen LogP contribution in [0.5, 0.6) is 0 Å². The van der Waals surface area contributed by atoms with E-state index in [-0.39, 0.29) is 5.56 Å². The molecular formula is C12H16N4O2. The van der Waals surface area contributed by atoms with Crippen LogP contribution < -0.4 is 5.43 Å². The van der Waals surface area contributed by atoms with E-state index in [0.717, 1.165) is 11.4 Å². The molecule has 0 amide bonds. The van der Waals surface area contributed by atoms with Crippen molar-refractivity contribution in [2.24, 2.45) is 7.05 Å². The van der Waals surface area contributed by atoms with Gasteiger partial charge in [0.1, 0.15) is 5.56 Å². The Morgan fingerprint density at radius 3 is 2.56 bits per heavy atom. The number of nitrogens with zero attached hydrogens (tertiary/aromatic N) is 3. The van der Waals surface area contributed by atoms with Gasteiger partial charge < -0.3 is 10.5 Å². The molecule has 0 saturated heterocycles. The summed E-state index contributed by atoms with van der Waals surface area (Å²) >= 11 is 0. The van der Waals surface area contributed by atoms with E-state index in [1.165, 1.54) is 6.20 Å². The second-order valence-corrected chi connectivity index (χ2v) is 4.22. The predicted octanol–water partition coefficient (Wildman–Crippen LogP) is 1.28. The Morgan fingerprint density at radius 1 is 1.39 bits per heavy atom. The fourth-order valence-corrected chi connectivity index (χ4v) is 1.92. The van der Waals surface area contributed by atoms with E-state index in [0.29, 0.717) is 12.2 Å². The standard InChI is InChI=1S/C12H16N4O2/c1-8-4-5-9(2)16(8)14-7-11-10(12(17)18)6-13-15(11)3/h4-6,14H,7H2,1-3H3,(H,17,18). The molecular weight excluding hydrogens is 232 g/mol. The zero-order valence-electron chi connectivity index (χ0n) is 10.6. The van der Waals surface area contributed by atoms with Crippen LogP contribution in [-0.2, 0) is 13.6 Å². The Hall–Kier alpha value is -2.24. The highest BCUT2D eigenvalue weighted by atomic mass is 16.4. The summed E-state index contributed by atoms with van der Waals surface area (Å²) in [5.41, 5.74) is 6.22. The molecule has 18 heavy (non-hydrogen) atoms. The van der Waals surface area contributed by atoms with Crippen LogP contribution in [0, 0.1) is 13.8 Å². The largest absolute Gasteiger partial charge is 0.478 e. The van der Waals surface area contributed by atoms with Gasteiger partial charge in [-0.05, 0) is 26.0 Å². The van der Waals surface area contributed by atoms with Gasteiger partial charge >= 0.3 is 5.97 Å². The van der Waals surface area contributed by atoms with Crippen molar-refractivity contribution >= 4 is 5.97 Å². The maximum Gasteiger partial charge on any atom is 0.339 e. The first-order valence-electron chi connectivity index (χ1n) is 5.63. The van der Waals surface area contributed by atoms with Gasteiger partial charge in [0.15, 0.2) is 0 Å². The van der Waals surface area contributed by atoms with Gasteiger partial charge in [-0.2, -0.15) is 5.10 Å². The van der Waals surface area contributed by atoms with Crippen molar-refractivity contribution < 1.29 is 9.90 Å². The highest BCUT2D eigenvalue weighted by molar-refractivity contribution is 5.88. The van der Waals surface area contributed by atoms with E-state index in [4.69, 9.17) is 5.11 Å². The van der Waals surface area contributed by atoms with Gasteiger partial charge in [0.05, 0.1) is 18.4 Å². The van der Waals surface area contributed by atoms with E-state index >= 15 is 0 Å². The summed E-state index contributed by atoms with van der Waals surface area (Å²) < 4.78 is 3.50. The van der Waals surface area contributed by atoms with E-state index < -0.39 is 5.97 Å². The summed E-state index contributed by atoms with van der Waals surface area (Å²) in [5.74, 6) is -0.958. The third-order valence-electron chi connectivity index (χ3n) is 2.97. The number of hydrogen-bond donors (Lipinski definition) is 2. The number of rotatable bonds is 4. The third-order valence-corrected chi connectivity index (χ3v) is 2.97. The molecule has 2 N–H and O–H groups in total. The van der Waals surface area contributed by atoms with Crippen molar-refractivity contribution in [2.75, 3.05) is 5.43 Å². The van der Waals surface area contributed by atoms with Crippen molar-refractivity contribution in [1.82, 2.24) is 14.5 Å². The summed E-state index contributed by atoms with van der Waals surface area (Å²) in [5, 5.41) is 13.0. The van der Waals surface area contributed by atoms with Crippen LogP contribution in [0.2, 0.25) is 0 Å². The van der Waals surface area contributed by atoms with Crippen LogP contribution in [0.3, 0.4) is 0 Å². The Morgan fingerprint density at radius 2 is 2.00 bits per heavy atom. The van der Waals surface area contributed by atoms with Crippen molar-refractivity contribution in [1.29, 1.82) is 0 Å². The molecule has 6 heteroatoms. The minimum absolute atomic E-state index is 0.229. The van der Waals surface area contributed by atoms with Crippen LogP contribution in [0.15, 0.2) is 18.3 Å². The number of aromatic carboxylic acids is 1. The average Bonchev–Trinajstić information content (AvgIpc) is 2.82. The fraction of sp³-hybridized carbons (Fsp3) is 0.333. The summed E-state index contributed by atoms with van der Waals surface area (Å²) in [4.78, 5) is 11.0. The van der Waals surface area contributed by atoms with Crippen LogP contribution in [0.25, 0.3) is 0 Å². The Labute approximate surface area is 105 Å². The topological polar surface area (TPSA) is 72.1 Å². The molecule has 6 nitrogen and oxygen atoms in total. The van der Waals surface area contributed by atoms with Gasteiger partial charge in [0, 0.05) is 18.4 Å². The second-order valence-electron chi connectivity index (χ2n) is 4.22. The van der Waals surface area contributed by atoms with Gasteiger partial charge in [-0.1, -0.05) is 0 Å². The molecule has 0 fully saturated rings. The van der Waals surface area contributed by atoms with Gasteiger partial charge in [-0.3, -0.25) is 9.36 Å². The molecule has 0 aliphatic rings. The van der Waals surface area contributed by atoms with Crippen LogP contribution >= 0.6 is 0 Å². The lowest BCUT2D eigenvalue weighted by molar-refractivity contribution is 0.0695. The molecule has 0 radical (unpaired) electrons. The Balaban J connectivity index is 2.21. The van der Waals surface area contributed by atoms with Crippen LogP contribution in [0.1, 0.15) is 27.4 Å². The smallest absolute Gasteiger partial charge is 0.339 e. The first kappa shape index (κ1) is 12.2. The lowest BCUT2D eigenvalue weighted by Gasteiger charge is -2.13. The van der Waals surface area contributed by atoms with Crippen LogP contribution in [-0.4, -0.2) is 25.5 Å². The quantitative estimate of drug-likeness (QED) is 0.855. The summed E-state index contributed by atoms with van der Waals surface area (Å²) in [7, 11) is 1.73. The summed E-state index contributed by atoms with van der Waals surface area (Å²) in [6.45, 7) is 4.39. The molecule has 0 aromatic carbocycles. The predicted molar refractivity (Wildman–Crippen MR) is 67.1 cm³/mol. The first-order chi connectivity index (χ1) is 8.50. The molecule has 0 unspecified atom stereocenters. The fourth-order valence-electron chi connectivity index (χ4n) is 1.92. The second kappa shape index (κ2) is 4.56. The highest BCUT2D eigenvalue weighted by Crippen LogP contribution is 2.10. The molecule has 0 aliphatic heterocycles. The van der Waals surface area contributed by atoms with Gasteiger partial charge in [-0.25, -0.2) is 4.79 Å². The Kier molecular flexibility index (Phi) is 3.10. The molecule has 0 atom stereocenters. The van der Waals surface area contributed by atoms with Gasteiger partial charge in [0.25, 0.3) is 0 Å². The monoisotopic (exact) mass is 248 g/mol. The molecule has 96 valence electrons. The maximum atomic E-state index is 11.0. The first-order valence-corrected chi connectivity index (χ1v) is 5.63. The highest BCUT2D eigenvalue weighted by Gasteiger charge is 2.14. The van der Waals surface area contributed by atoms with Gasteiger partial charge in [-0.15, -0.1) is 0 Å². The molecule has 0 aliphatic carbocycles. The molecule has 2 aromatic heterocycles. The summed E-state index contributed by atoms with van der Waals surface area (Å²) in [6.07, 6.45) is 1.37. The van der Waals surface area contributed by atoms with E-state index in [1.807, 2.05) is 30.7 Å². The normalized spacial score (nSPS) is 10.6. The summed E-state index contributed by atoms with van der Waals surface area (Å²) in [6, 6.07) is 4.01. The molecule has 2 rings (SSSR count). The zero-order valence-corrected chi connectivity index (χ0v) is 10.6. The molecule has 2 heterocycles. The lowest BCUT2D eigenvalue weighted by atomic mass is 10.2.